The minimum absolute atomic E-state index is 1.03. The molecule has 4 aromatic rings. The Kier molecular flexibility index (Phi) is 7.15. The maximum absolute atomic E-state index is 10.9. The van der Waals surface area contributed by atoms with Crippen LogP contribution in [0.3, 0.4) is 0 Å². The van der Waals surface area contributed by atoms with Crippen molar-refractivity contribution in [2.75, 3.05) is 0 Å². The van der Waals surface area contributed by atoms with Gasteiger partial charge in [-0.15, -0.1) is 11.1 Å². The van der Waals surface area contributed by atoms with Crippen LogP contribution >= 0.6 is 0 Å². The van der Waals surface area contributed by atoms with Crippen molar-refractivity contribution in [3.05, 3.63) is 119 Å². The SMILES string of the molecule is C[CH]=[Zr]([F])[F].[c-]1cccc2c1Cc1ccccc1-2.[c-]1cccc2c1Cc1ccccc1-2. The summed E-state index contributed by atoms with van der Waals surface area (Å²) in [5.74, 6) is 0. The first-order valence-corrected chi connectivity index (χ1v) is 13.6. The van der Waals surface area contributed by atoms with Gasteiger partial charge in [0.1, 0.15) is 0 Å². The fraction of sp³-hybridized carbons (Fsp3) is 0.107. The number of halogens is 2. The average Bonchev–Trinajstić information content (AvgIpc) is 3.38. The maximum Gasteiger partial charge on any atom is -0.0253 e. The topological polar surface area (TPSA) is 0 Å². The molecule has 0 bridgehead atoms. The smallest absolute Gasteiger partial charge is 0.0253 e. The predicted octanol–water partition coefficient (Wildman–Crippen LogP) is 7.31. The Morgan fingerprint density at radius 2 is 1.03 bits per heavy atom. The van der Waals surface area contributed by atoms with E-state index in [2.05, 4.69) is 84.9 Å². The van der Waals surface area contributed by atoms with Crippen molar-refractivity contribution in [2.45, 2.75) is 19.8 Å². The van der Waals surface area contributed by atoms with E-state index in [-0.39, 0.29) is 0 Å². The van der Waals surface area contributed by atoms with E-state index in [1.807, 2.05) is 12.1 Å². The van der Waals surface area contributed by atoms with E-state index in [1.165, 1.54) is 51.4 Å². The Balaban J connectivity index is 0.000000124. The van der Waals surface area contributed by atoms with Crippen LogP contribution in [0.1, 0.15) is 29.2 Å². The van der Waals surface area contributed by atoms with Gasteiger partial charge in [-0.05, 0) is 12.8 Å². The van der Waals surface area contributed by atoms with Crippen molar-refractivity contribution in [3.63, 3.8) is 0 Å². The van der Waals surface area contributed by atoms with Crippen LogP contribution < -0.4 is 0 Å². The summed E-state index contributed by atoms with van der Waals surface area (Å²) in [5, 5.41) is 0. The third-order valence-corrected chi connectivity index (χ3v) is 6.52. The van der Waals surface area contributed by atoms with Crippen molar-refractivity contribution >= 4 is 3.71 Å². The monoisotopic (exact) mass is 486 g/mol. The van der Waals surface area contributed by atoms with Crippen LogP contribution in [0.5, 0.6) is 0 Å². The van der Waals surface area contributed by atoms with Gasteiger partial charge >= 0.3 is 38.4 Å². The molecule has 2 aliphatic carbocycles. The van der Waals surface area contributed by atoms with Gasteiger partial charge < -0.3 is 0 Å². The van der Waals surface area contributed by atoms with E-state index in [4.69, 9.17) is 0 Å². The van der Waals surface area contributed by atoms with Crippen LogP contribution in [0.4, 0.5) is 5.25 Å². The molecule has 0 nitrogen and oxygen atoms in total. The van der Waals surface area contributed by atoms with Crippen molar-refractivity contribution in [3.8, 4) is 22.3 Å². The third-order valence-electron chi connectivity index (χ3n) is 5.45. The van der Waals surface area contributed by atoms with Gasteiger partial charge in [0.25, 0.3) is 0 Å². The summed E-state index contributed by atoms with van der Waals surface area (Å²) < 4.78 is 22.8. The largest absolute Gasteiger partial charge is 0.179 e. The van der Waals surface area contributed by atoms with Crippen LogP contribution in [-0.4, -0.2) is 3.71 Å². The second-order valence-electron chi connectivity index (χ2n) is 7.37. The van der Waals surface area contributed by atoms with Crippen molar-refractivity contribution in [2.24, 2.45) is 0 Å². The quantitative estimate of drug-likeness (QED) is 0.197. The summed E-state index contributed by atoms with van der Waals surface area (Å²) in [7, 11) is 0. The standard InChI is InChI=1S/2C13H9.C2H4.2FH.Zr/c2*1-3-7-12-10(5-1)9-11-6-2-4-8-13(11)12;1-2;;;/h2*1-5,7-8H,9H2;1H,2H3;2*1H;/q2*-1;;;;+2/p-2. The van der Waals surface area contributed by atoms with Crippen LogP contribution in [0.15, 0.2) is 84.9 Å². The van der Waals surface area contributed by atoms with Crippen molar-refractivity contribution < 1.29 is 27.7 Å². The number of hydrogen-bond donors (Lipinski definition) is 0. The number of benzene rings is 4. The van der Waals surface area contributed by atoms with E-state index in [1.54, 1.807) is 0 Å². The van der Waals surface area contributed by atoms with E-state index in [0.29, 0.717) is 0 Å². The fourth-order valence-corrected chi connectivity index (χ4v) is 4.00. The van der Waals surface area contributed by atoms with Gasteiger partial charge in [-0.3, -0.25) is 0 Å². The minimum atomic E-state index is -3.70. The number of hydrogen-bond acceptors (Lipinski definition) is 0. The summed E-state index contributed by atoms with van der Waals surface area (Å²) >= 11 is -3.70. The fourth-order valence-electron chi connectivity index (χ4n) is 4.00. The molecule has 0 saturated carbocycles. The Morgan fingerprint density at radius 1 is 0.645 bits per heavy atom. The summed E-state index contributed by atoms with van der Waals surface area (Å²) in [6.07, 6.45) is 2.10. The first kappa shape index (κ1) is 21.7. The van der Waals surface area contributed by atoms with E-state index in [9.17, 15) is 5.25 Å². The van der Waals surface area contributed by atoms with E-state index < -0.39 is 22.5 Å². The Labute approximate surface area is 192 Å². The second kappa shape index (κ2) is 10.2. The van der Waals surface area contributed by atoms with Crippen molar-refractivity contribution in [1.29, 1.82) is 0 Å². The van der Waals surface area contributed by atoms with Gasteiger partial charge in [-0.2, -0.15) is 59.7 Å². The molecule has 3 heteroatoms. The Hall–Kier alpha value is -2.51. The minimum Gasteiger partial charge on any atom is -0.179 e. The van der Waals surface area contributed by atoms with Gasteiger partial charge in [0.15, 0.2) is 0 Å². The summed E-state index contributed by atoms with van der Waals surface area (Å²) in [4.78, 5) is 0. The third kappa shape index (κ3) is 5.05. The molecule has 31 heavy (non-hydrogen) atoms. The average molecular weight is 488 g/mol. The molecule has 0 unspecified atom stereocenters. The summed E-state index contributed by atoms with van der Waals surface area (Å²) in [6.45, 7) is 1.41. The van der Waals surface area contributed by atoms with Crippen LogP contribution in [0, 0.1) is 12.1 Å². The second-order valence-corrected chi connectivity index (χ2v) is 10.2. The number of fused-ring (bicyclic) bond motifs is 6. The predicted molar refractivity (Wildman–Crippen MR) is 121 cm³/mol. The molecule has 0 fully saturated rings. The zero-order valence-corrected chi connectivity index (χ0v) is 19.8. The zero-order valence-electron chi connectivity index (χ0n) is 17.3. The molecular formula is C28H22F2Zr-2. The molecule has 154 valence electrons. The molecule has 0 heterocycles. The molecule has 0 N–H and O–H groups in total. The van der Waals surface area contributed by atoms with Gasteiger partial charge in [-0.25, -0.2) is 0 Å². The first-order valence-electron chi connectivity index (χ1n) is 10.3. The molecule has 0 saturated heterocycles. The molecule has 0 aliphatic heterocycles. The molecule has 2 aliphatic rings. The van der Waals surface area contributed by atoms with Crippen LogP contribution in [0.2, 0.25) is 0 Å². The maximum atomic E-state index is 10.9. The molecule has 0 aromatic heterocycles. The van der Waals surface area contributed by atoms with Crippen molar-refractivity contribution in [1.82, 2.24) is 0 Å². The number of rotatable bonds is 0. The van der Waals surface area contributed by atoms with E-state index >= 15 is 0 Å². The first-order chi connectivity index (χ1) is 15.2. The molecular weight excluding hydrogens is 466 g/mol. The van der Waals surface area contributed by atoms with Crippen LogP contribution in [0.25, 0.3) is 22.3 Å². The molecule has 0 radical (unpaired) electrons. The normalized spacial score (nSPS) is 11.5. The Bertz CT molecular complexity index is 1050. The molecule has 0 amide bonds. The Morgan fingerprint density at radius 3 is 1.45 bits per heavy atom. The summed E-state index contributed by atoms with van der Waals surface area (Å²) in [6, 6.07) is 36.2. The van der Waals surface area contributed by atoms with Gasteiger partial charge in [-0.1, -0.05) is 70.8 Å². The molecule has 6 rings (SSSR count). The molecule has 0 atom stereocenters. The van der Waals surface area contributed by atoms with Gasteiger partial charge in [0.05, 0.1) is 0 Å². The van der Waals surface area contributed by atoms with Gasteiger partial charge in [0, 0.05) is 0 Å². The van der Waals surface area contributed by atoms with Gasteiger partial charge in [0.2, 0.25) is 0 Å². The molecule has 4 aromatic carbocycles. The summed E-state index contributed by atoms with van der Waals surface area (Å²) in [5.41, 5.74) is 11.0. The van der Waals surface area contributed by atoms with E-state index in [0.717, 1.165) is 16.6 Å². The zero-order chi connectivity index (χ0) is 21.6. The van der Waals surface area contributed by atoms with Crippen LogP contribution in [-0.2, 0) is 35.3 Å². The molecule has 0 spiro atoms.